The topological polar surface area (TPSA) is 121 Å². The van der Waals surface area contributed by atoms with Gasteiger partial charge < -0.3 is 5.73 Å². The number of aromatic nitrogens is 2. The molecule has 2 aromatic carbocycles. The van der Waals surface area contributed by atoms with Gasteiger partial charge in [-0.15, -0.1) is 0 Å². The van der Waals surface area contributed by atoms with Crippen LogP contribution in [-0.4, -0.2) is 24.1 Å². The summed E-state index contributed by atoms with van der Waals surface area (Å²) in [6.07, 6.45) is 0.0150. The summed E-state index contributed by atoms with van der Waals surface area (Å²) < 4.78 is 24.5. The van der Waals surface area contributed by atoms with Gasteiger partial charge in [-0.2, -0.15) is 5.10 Å². The summed E-state index contributed by atoms with van der Waals surface area (Å²) in [4.78, 5) is 11.3. The van der Waals surface area contributed by atoms with Gasteiger partial charge in [-0.3, -0.25) is 4.79 Å². The van der Waals surface area contributed by atoms with E-state index >= 15 is 0 Å². The first kappa shape index (κ1) is 17.8. The Balaban J connectivity index is 2.11. The third-order valence-electron chi connectivity index (χ3n) is 3.87. The van der Waals surface area contributed by atoms with E-state index in [-0.39, 0.29) is 11.3 Å². The molecule has 0 spiro atoms. The molecule has 0 atom stereocenters. The Kier molecular flexibility index (Phi) is 4.62. The van der Waals surface area contributed by atoms with Crippen LogP contribution in [-0.2, 0) is 21.2 Å². The van der Waals surface area contributed by atoms with Crippen LogP contribution in [0, 0.1) is 6.92 Å². The Morgan fingerprint density at radius 3 is 2.23 bits per heavy atom. The molecular formula is C18H18N4O3S. The molecule has 0 unspecified atom stereocenters. The van der Waals surface area contributed by atoms with E-state index in [1.807, 2.05) is 31.2 Å². The highest BCUT2D eigenvalue weighted by atomic mass is 32.2. The number of carbonyl (C=O) groups excluding carboxylic acids is 1. The van der Waals surface area contributed by atoms with E-state index in [9.17, 15) is 13.2 Å². The zero-order chi connectivity index (χ0) is 18.9. The van der Waals surface area contributed by atoms with Crippen LogP contribution in [0.3, 0.4) is 0 Å². The maximum absolute atomic E-state index is 11.4. The molecular weight excluding hydrogens is 352 g/mol. The van der Waals surface area contributed by atoms with Gasteiger partial charge in [-0.1, -0.05) is 29.8 Å². The Bertz CT molecular complexity index is 1050. The van der Waals surface area contributed by atoms with E-state index in [0.717, 1.165) is 16.8 Å². The van der Waals surface area contributed by atoms with E-state index in [1.165, 1.54) is 12.1 Å². The van der Waals surface area contributed by atoms with E-state index in [4.69, 9.17) is 10.9 Å². The molecule has 0 fully saturated rings. The van der Waals surface area contributed by atoms with Crippen molar-refractivity contribution in [1.82, 2.24) is 9.78 Å². The van der Waals surface area contributed by atoms with Crippen LogP contribution in [0.25, 0.3) is 16.9 Å². The quantitative estimate of drug-likeness (QED) is 0.707. The largest absolute Gasteiger partial charge is 0.369 e. The number of sulfonamides is 1. The van der Waals surface area contributed by atoms with Gasteiger partial charge in [0.25, 0.3) is 0 Å². The first-order chi connectivity index (χ1) is 12.2. The summed E-state index contributed by atoms with van der Waals surface area (Å²) in [5, 5.41) is 9.58. The van der Waals surface area contributed by atoms with Crippen molar-refractivity contribution in [2.45, 2.75) is 18.2 Å². The van der Waals surface area contributed by atoms with E-state index in [0.29, 0.717) is 11.4 Å². The minimum Gasteiger partial charge on any atom is -0.369 e. The first-order valence-corrected chi connectivity index (χ1v) is 9.36. The van der Waals surface area contributed by atoms with Crippen molar-refractivity contribution in [3.63, 3.8) is 0 Å². The van der Waals surface area contributed by atoms with E-state index in [1.54, 1.807) is 22.9 Å². The molecule has 0 saturated heterocycles. The number of benzene rings is 2. The monoisotopic (exact) mass is 370 g/mol. The number of nitrogens with two attached hydrogens (primary N) is 2. The molecule has 0 radical (unpaired) electrons. The number of hydrogen-bond acceptors (Lipinski definition) is 4. The Morgan fingerprint density at radius 2 is 1.69 bits per heavy atom. The van der Waals surface area contributed by atoms with E-state index in [2.05, 4.69) is 5.10 Å². The zero-order valence-corrected chi connectivity index (χ0v) is 14.9. The van der Waals surface area contributed by atoms with Crippen LogP contribution in [0.2, 0.25) is 0 Å². The second kappa shape index (κ2) is 6.74. The number of aryl methyl sites for hydroxylation is 1. The fourth-order valence-electron chi connectivity index (χ4n) is 2.60. The van der Waals surface area contributed by atoms with Crippen LogP contribution in [0.15, 0.2) is 59.5 Å². The van der Waals surface area contributed by atoms with E-state index < -0.39 is 15.9 Å². The summed E-state index contributed by atoms with van der Waals surface area (Å²) in [5.74, 6) is -0.477. The highest BCUT2D eigenvalue weighted by Gasteiger charge is 2.14. The van der Waals surface area contributed by atoms with Crippen molar-refractivity contribution in [2.24, 2.45) is 10.9 Å². The normalized spacial score (nSPS) is 11.5. The van der Waals surface area contributed by atoms with Gasteiger partial charge in [0.2, 0.25) is 15.9 Å². The number of carbonyl (C=O) groups is 1. The minimum atomic E-state index is -3.77. The number of primary sulfonamides is 1. The van der Waals surface area contributed by atoms with Crippen molar-refractivity contribution < 1.29 is 13.2 Å². The maximum atomic E-state index is 11.4. The van der Waals surface area contributed by atoms with Crippen LogP contribution < -0.4 is 10.9 Å². The van der Waals surface area contributed by atoms with Gasteiger partial charge in [0.05, 0.1) is 28.4 Å². The van der Waals surface area contributed by atoms with Crippen molar-refractivity contribution in [3.05, 3.63) is 65.9 Å². The molecule has 3 rings (SSSR count). The van der Waals surface area contributed by atoms with Gasteiger partial charge in [0.15, 0.2) is 0 Å². The van der Waals surface area contributed by atoms with Crippen molar-refractivity contribution >= 4 is 15.9 Å². The maximum Gasteiger partial charge on any atom is 0.238 e. The van der Waals surface area contributed by atoms with Crippen molar-refractivity contribution in [3.8, 4) is 16.9 Å². The van der Waals surface area contributed by atoms with Gasteiger partial charge in [-0.25, -0.2) is 18.2 Å². The number of amides is 1. The Labute approximate surface area is 151 Å². The molecule has 1 aromatic heterocycles. The third-order valence-corrected chi connectivity index (χ3v) is 4.80. The fraction of sp³-hybridized carbons (Fsp3) is 0.111. The second-order valence-electron chi connectivity index (χ2n) is 5.98. The van der Waals surface area contributed by atoms with Crippen molar-refractivity contribution in [1.29, 1.82) is 0 Å². The molecule has 0 aliphatic heterocycles. The predicted molar refractivity (Wildman–Crippen MR) is 98.0 cm³/mol. The van der Waals surface area contributed by atoms with Crippen LogP contribution in [0.5, 0.6) is 0 Å². The van der Waals surface area contributed by atoms with Crippen LogP contribution in [0.1, 0.15) is 11.3 Å². The summed E-state index contributed by atoms with van der Waals surface area (Å²) in [6.45, 7) is 1.99. The molecule has 134 valence electrons. The van der Waals surface area contributed by atoms with Crippen molar-refractivity contribution in [2.75, 3.05) is 0 Å². The summed E-state index contributed by atoms with van der Waals surface area (Å²) in [5.41, 5.74) is 9.25. The second-order valence-corrected chi connectivity index (χ2v) is 7.54. The lowest BCUT2D eigenvalue weighted by molar-refractivity contribution is -0.117. The number of hydrogen-bond donors (Lipinski definition) is 2. The standard InChI is InChI=1S/C18H18N4O3S/c1-12-2-4-13(5-3-12)17-10-14(11-18(19)23)21-22(17)15-6-8-16(9-7-15)26(20,24)25/h2-10H,11H2,1H3,(H2,19,23)(H2,20,24,25). The smallest absolute Gasteiger partial charge is 0.238 e. The SMILES string of the molecule is Cc1ccc(-c2cc(CC(N)=O)nn2-c2ccc(S(N)(=O)=O)cc2)cc1. The Morgan fingerprint density at radius 1 is 1.08 bits per heavy atom. The average Bonchev–Trinajstić information content (AvgIpc) is 2.98. The van der Waals surface area contributed by atoms with Crippen LogP contribution >= 0.6 is 0 Å². The summed E-state index contributed by atoms with van der Waals surface area (Å²) >= 11 is 0. The number of nitrogens with zero attached hydrogens (tertiary/aromatic N) is 2. The molecule has 26 heavy (non-hydrogen) atoms. The molecule has 0 aliphatic carbocycles. The lowest BCUT2D eigenvalue weighted by atomic mass is 10.1. The first-order valence-electron chi connectivity index (χ1n) is 7.81. The minimum absolute atomic E-state index is 0.0150. The molecule has 0 saturated carbocycles. The lowest BCUT2D eigenvalue weighted by Gasteiger charge is -2.08. The molecule has 1 heterocycles. The van der Waals surface area contributed by atoms with Gasteiger partial charge in [-0.05, 0) is 37.3 Å². The van der Waals surface area contributed by atoms with Crippen LogP contribution in [0.4, 0.5) is 0 Å². The molecule has 4 N–H and O–H groups in total. The zero-order valence-electron chi connectivity index (χ0n) is 14.1. The van der Waals surface area contributed by atoms with Gasteiger partial charge in [0.1, 0.15) is 0 Å². The highest BCUT2D eigenvalue weighted by molar-refractivity contribution is 7.89. The highest BCUT2D eigenvalue weighted by Crippen LogP contribution is 2.25. The molecule has 0 aliphatic rings. The molecule has 0 bridgehead atoms. The molecule has 3 aromatic rings. The van der Waals surface area contributed by atoms with Gasteiger partial charge >= 0.3 is 0 Å². The average molecular weight is 370 g/mol. The number of primary amides is 1. The molecule has 1 amide bonds. The third kappa shape index (κ3) is 3.81. The molecule has 8 heteroatoms. The van der Waals surface area contributed by atoms with Gasteiger partial charge in [0, 0.05) is 5.56 Å². The fourth-order valence-corrected chi connectivity index (χ4v) is 3.11. The Hall–Kier alpha value is -2.97. The predicted octanol–water partition coefficient (Wildman–Crippen LogP) is 1.52. The number of rotatable bonds is 5. The summed E-state index contributed by atoms with van der Waals surface area (Å²) in [6, 6.07) is 15.7. The summed E-state index contributed by atoms with van der Waals surface area (Å²) in [7, 11) is -3.77. The molecule has 7 nitrogen and oxygen atoms in total. The lowest BCUT2D eigenvalue weighted by Crippen LogP contribution is -2.14.